The van der Waals surface area contributed by atoms with Gasteiger partial charge < -0.3 is 0 Å². The van der Waals surface area contributed by atoms with Crippen LogP contribution in [0, 0.1) is 3.57 Å². The molecule has 0 fully saturated rings. The minimum atomic E-state index is -0.0969. The summed E-state index contributed by atoms with van der Waals surface area (Å²) in [5.41, 5.74) is 4.00. The maximum absolute atomic E-state index is 2.46. The topological polar surface area (TPSA) is 0 Å². The molecule has 0 aliphatic carbocycles. The van der Waals surface area contributed by atoms with Gasteiger partial charge in [0.05, 0.1) is 0 Å². The zero-order valence-corrected chi connectivity index (χ0v) is 14.8. The van der Waals surface area contributed by atoms with Gasteiger partial charge in [-0.05, 0) is 51.8 Å². The maximum Gasteiger partial charge on any atom is 0.0459 e. The van der Waals surface area contributed by atoms with Crippen LogP contribution in [-0.4, -0.2) is 0 Å². The van der Waals surface area contributed by atoms with Crippen LogP contribution in [0.1, 0.15) is 30.0 Å². The average molecular weight is 398 g/mol. The van der Waals surface area contributed by atoms with Crippen LogP contribution in [0.25, 0.3) is 0 Å². The highest BCUT2D eigenvalue weighted by molar-refractivity contribution is 14.1. The predicted octanol–water partition coefficient (Wildman–Crippen LogP) is 6.04. The highest BCUT2D eigenvalue weighted by atomic mass is 127. The molecule has 3 aromatic carbocycles. The normalized spacial score (nSPS) is 11.4. The summed E-state index contributed by atoms with van der Waals surface area (Å²) >= 11 is 2.46. The molecule has 0 N–H and O–H groups in total. The van der Waals surface area contributed by atoms with E-state index in [0.29, 0.717) is 0 Å². The van der Waals surface area contributed by atoms with Crippen molar-refractivity contribution in [3.63, 3.8) is 0 Å². The van der Waals surface area contributed by atoms with E-state index in [1.165, 1.54) is 20.3 Å². The molecule has 0 aliphatic rings. The van der Waals surface area contributed by atoms with E-state index in [2.05, 4.69) is 114 Å². The zero-order valence-electron chi connectivity index (χ0n) is 12.7. The molecule has 0 saturated heterocycles. The lowest BCUT2D eigenvalue weighted by Gasteiger charge is -2.36. The van der Waals surface area contributed by atoms with Gasteiger partial charge in [0, 0.05) is 8.99 Å². The van der Waals surface area contributed by atoms with Crippen molar-refractivity contribution in [3.8, 4) is 0 Å². The van der Waals surface area contributed by atoms with Gasteiger partial charge in [0.25, 0.3) is 0 Å². The summed E-state index contributed by atoms with van der Waals surface area (Å²) in [6.07, 6.45) is 1.03. The lowest BCUT2D eigenvalue weighted by molar-refractivity contribution is 0.591. The molecule has 0 amide bonds. The Labute approximate surface area is 146 Å². The summed E-state index contributed by atoms with van der Waals surface area (Å²) in [5, 5.41) is 0. The Kier molecular flexibility index (Phi) is 4.63. The van der Waals surface area contributed by atoms with Gasteiger partial charge in [0.15, 0.2) is 0 Å². The van der Waals surface area contributed by atoms with E-state index in [9.17, 15) is 0 Å². The first-order valence-electron chi connectivity index (χ1n) is 7.65. The fourth-order valence-corrected chi connectivity index (χ4v) is 4.18. The van der Waals surface area contributed by atoms with Gasteiger partial charge >= 0.3 is 0 Å². The van der Waals surface area contributed by atoms with Crippen LogP contribution in [0.15, 0.2) is 84.9 Å². The summed E-state index contributed by atoms with van der Waals surface area (Å²) in [5.74, 6) is 0. The number of hydrogen-bond donors (Lipinski definition) is 0. The molecule has 1 heteroatoms. The van der Waals surface area contributed by atoms with Crippen molar-refractivity contribution in [2.45, 2.75) is 18.8 Å². The average Bonchev–Trinajstić information content (AvgIpc) is 2.59. The molecule has 0 radical (unpaired) electrons. The van der Waals surface area contributed by atoms with Crippen LogP contribution >= 0.6 is 22.6 Å². The molecule has 0 spiro atoms. The molecule has 0 unspecified atom stereocenters. The summed E-state index contributed by atoms with van der Waals surface area (Å²) in [4.78, 5) is 0. The molecular weight excluding hydrogens is 379 g/mol. The molecule has 0 nitrogen and oxygen atoms in total. The van der Waals surface area contributed by atoms with Gasteiger partial charge in [-0.2, -0.15) is 0 Å². The van der Waals surface area contributed by atoms with Crippen molar-refractivity contribution in [2.24, 2.45) is 0 Å². The van der Waals surface area contributed by atoms with E-state index in [0.717, 1.165) is 6.42 Å². The molecule has 110 valence electrons. The van der Waals surface area contributed by atoms with E-state index in [4.69, 9.17) is 0 Å². The van der Waals surface area contributed by atoms with Crippen molar-refractivity contribution in [3.05, 3.63) is 105 Å². The van der Waals surface area contributed by atoms with Gasteiger partial charge in [0.1, 0.15) is 0 Å². The van der Waals surface area contributed by atoms with E-state index < -0.39 is 0 Å². The first-order valence-corrected chi connectivity index (χ1v) is 8.73. The molecule has 22 heavy (non-hydrogen) atoms. The third-order valence-electron chi connectivity index (χ3n) is 4.40. The second kappa shape index (κ2) is 6.66. The van der Waals surface area contributed by atoms with Gasteiger partial charge in [-0.3, -0.25) is 0 Å². The highest BCUT2D eigenvalue weighted by Crippen LogP contribution is 2.43. The molecule has 3 aromatic rings. The summed E-state index contributed by atoms with van der Waals surface area (Å²) in [6.45, 7) is 2.28. The second-order valence-corrected chi connectivity index (χ2v) is 6.63. The van der Waals surface area contributed by atoms with Gasteiger partial charge in [-0.1, -0.05) is 85.8 Å². The van der Waals surface area contributed by atoms with E-state index in [1.54, 1.807) is 0 Å². The standard InChI is InChI=1S/C21H19I/c1-2-21(17-11-5-3-6-12-17,18-13-7-4-8-14-18)19-15-9-10-16-20(19)22/h3-16H,2H2,1H3. The van der Waals surface area contributed by atoms with Crippen molar-refractivity contribution in [1.82, 2.24) is 0 Å². The highest BCUT2D eigenvalue weighted by Gasteiger charge is 2.35. The smallest absolute Gasteiger partial charge is 0.0459 e. The van der Waals surface area contributed by atoms with Crippen molar-refractivity contribution >= 4 is 22.6 Å². The number of benzene rings is 3. The van der Waals surface area contributed by atoms with E-state index in [1.807, 2.05) is 0 Å². The van der Waals surface area contributed by atoms with Gasteiger partial charge in [-0.15, -0.1) is 0 Å². The quantitative estimate of drug-likeness (QED) is 0.372. The third kappa shape index (κ3) is 2.58. The largest absolute Gasteiger partial charge is 0.0639 e. The lowest BCUT2D eigenvalue weighted by Crippen LogP contribution is -2.29. The fraction of sp³-hybridized carbons (Fsp3) is 0.143. The number of rotatable bonds is 4. The Hall–Kier alpha value is -1.61. The Morgan fingerprint density at radius 2 is 1.14 bits per heavy atom. The van der Waals surface area contributed by atoms with Crippen molar-refractivity contribution in [1.29, 1.82) is 0 Å². The summed E-state index contributed by atoms with van der Waals surface area (Å²) in [7, 11) is 0. The molecule has 3 rings (SSSR count). The molecular formula is C21H19I. The Bertz CT molecular complexity index is 693. The molecule has 0 aliphatic heterocycles. The lowest BCUT2D eigenvalue weighted by atomic mass is 9.68. The molecule has 0 atom stereocenters. The fourth-order valence-electron chi connectivity index (χ4n) is 3.33. The molecule has 0 heterocycles. The monoisotopic (exact) mass is 398 g/mol. The minimum absolute atomic E-state index is 0.0969. The first kappa shape index (κ1) is 15.3. The van der Waals surface area contributed by atoms with Crippen LogP contribution in [0.4, 0.5) is 0 Å². The third-order valence-corrected chi connectivity index (χ3v) is 5.34. The SMILES string of the molecule is CCC(c1ccccc1)(c1ccccc1)c1ccccc1I. The maximum atomic E-state index is 2.46. The van der Waals surface area contributed by atoms with Gasteiger partial charge in [-0.25, -0.2) is 0 Å². The number of hydrogen-bond acceptors (Lipinski definition) is 0. The minimum Gasteiger partial charge on any atom is -0.0639 e. The van der Waals surface area contributed by atoms with Crippen LogP contribution in [0.2, 0.25) is 0 Å². The molecule has 0 saturated carbocycles. The Morgan fingerprint density at radius 3 is 1.59 bits per heavy atom. The van der Waals surface area contributed by atoms with Crippen LogP contribution < -0.4 is 0 Å². The zero-order chi connectivity index (χ0) is 15.4. The van der Waals surface area contributed by atoms with Crippen molar-refractivity contribution in [2.75, 3.05) is 0 Å². The van der Waals surface area contributed by atoms with E-state index in [-0.39, 0.29) is 5.41 Å². The summed E-state index contributed by atoms with van der Waals surface area (Å²) in [6, 6.07) is 30.5. The summed E-state index contributed by atoms with van der Waals surface area (Å²) < 4.78 is 1.31. The van der Waals surface area contributed by atoms with Crippen molar-refractivity contribution < 1.29 is 0 Å². The first-order chi connectivity index (χ1) is 10.8. The number of halogens is 1. The van der Waals surface area contributed by atoms with E-state index >= 15 is 0 Å². The molecule has 0 aromatic heterocycles. The Morgan fingerprint density at radius 1 is 0.682 bits per heavy atom. The van der Waals surface area contributed by atoms with Crippen LogP contribution in [0.5, 0.6) is 0 Å². The molecule has 0 bridgehead atoms. The Balaban J connectivity index is 2.34. The van der Waals surface area contributed by atoms with Gasteiger partial charge in [0.2, 0.25) is 0 Å². The predicted molar refractivity (Wildman–Crippen MR) is 102 cm³/mol. The van der Waals surface area contributed by atoms with Crippen LogP contribution in [-0.2, 0) is 5.41 Å². The second-order valence-electron chi connectivity index (χ2n) is 5.47. The van der Waals surface area contributed by atoms with Crippen LogP contribution in [0.3, 0.4) is 0 Å².